The number of nitrogens with one attached hydrogen (secondary N) is 1. The minimum Gasteiger partial charge on any atom is -0.333 e. The molecule has 48 valence electrons. The lowest BCUT2D eigenvalue weighted by atomic mass is 10.4. The molecule has 0 radical (unpaired) electrons. The molecule has 0 amide bonds. The molecule has 0 aliphatic heterocycles. The van der Waals surface area contributed by atoms with Crippen molar-refractivity contribution in [3.05, 3.63) is 17.2 Å². The second-order valence-electron chi connectivity index (χ2n) is 1.77. The zero-order chi connectivity index (χ0) is 7.56. The molecule has 0 unspecified atom stereocenters. The van der Waals surface area contributed by atoms with Gasteiger partial charge in [-0.1, -0.05) is 0 Å². The van der Waals surface area contributed by atoms with E-state index in [1.807, 2.05) is 6.07 Å². The van der Waals surface area contributed by atoms with Crippen molar-refractivity contribution in [3.8, 4) is 12.1 Å². The molecular formula is C6H4N4. The van der Waals surface area contributed by atoms with Crippen LogP contribution in [-0.4, -0.2) is 9.97 Å². The van der Waals surface area contributed by atoms with E-state index in [2.05, 4.69) is 9.97 Å². The Kier molecular flexibility index (Phi) is 1.39. The van der Waals surface area contributed by atoms with Gasteiger partial charge >= 0.3 is 0 Å². The molecule has 1 aromatic rings. The molecule has 1 rings (SSSR count). The van der Waals surface area contributed by atoms with E-state index in [4.69, 9.17) is 10.5 Å². The van der Waals surface area contributed by atoms with Gasteiger partial charge in [0.1, 0.15) is 18.0 Å². The topological polar surface area (TPSA) is 76.3 Å². The quantitative estimate of drug-likeness (QED) is 0.557. The average molecular weight is 132 g/mol. The van der Waals surface area contributed by atoms with Crippen LogP contribution in [0.15, 0.2) is 0 Å². The van der Waals surface area contributed by atoms with Crippen LogP contribution in [0.4, 0.5) is 0 Å². The molecule has 10 heavy (non-hydrogen) atoms. The Morgan fingerprint density at radius 2 is 2.10 bits per heavy atom. The van der Waals surface area contributed by atoms with Crippen LogP contribution in [0.25, 0.3) is 0 Å². The minimum absolute atomic E-state index is 0.167. The largest absolute Gasteiger partial charge is 0.333 e. The fraction of sp³-hybridized carbons (Fsp3) is 0.167. The summed E-state index contributed by atoms with van der Waals surface area (Å²) in [5, 5.41) is 16.8. The summed E-state index contributed by atoms with van der Waals surface area (Å²) in [5.41, 5.74) is 0.403. The first-order valence-corrected chi connectivity index (χ1v) is 2.64. The van der Waals surface area contributed by atoms with Crippen LogP contribution in [0.1, 0.15) is 17.2 Å². The fourth-order valence-electron chi connectivity index (χ4n) is 0.653. The van der Waals surface area contributed by atoms with Gasteiger partial charge < -0.3 is 4.98 Å². The van der Waals surface area contributed by atoms with Crippen LogP contribution in [-0.2, 0) is 0 Å². The Balaban J connectivity index is 3.28. The first-order chi connectivity index (χ1) is 4.77. The van der Waals surface area contributed by atoms with E-state index in [9.17, 15) is 0 Å². The Labute approximate surface area is 57.7 Å². The number of imidazole rings is 1. The molecule has 0 atom stereocenters. The number of aromatic nitrogens is 2. The Bertz CT molecular complexity index is 291. The van der Waals surface area contributed by atoms with Crippen molar-refractivity contribution in [2.24, 2.45) is 0 Å². The van der Waals surface area contributed by atoms with Gasteiger partial charge in [-0.25, -0.2) is 4.98 Å². The Morgan fingerprint density at radius 3 is 2.50 bits per heavy atom. The van der Waals surface area contributed by atoms with Crippen LogP contribution >= 0.6 is 0 Å². The van der Waals surface area contributed by atoms with Crippen molar-refractivity contribution < 1.29 is 0 Å². The summed E-state index contributed by atoms with van der Waals surface area (Å²) in [5.74, 6) is 0.591. The highest BCUT2D eigenvalue weighted by Gasteiger charge is 2.04. The number of H-pyrrole nitrogens is 1. The zero-order valence-corrected chi connectivity index (χ0v) is 5.34. The van der Waals surface area contributed by atoms with Crippen LogP contribution in [0.2, 0.25) is 0 Å². The van der Waals surface area contributed by atoms with Gasteiger partial charge in [-0.15, -0.1) is 0 Å². The molecule has 1 heterocycles. The maximum atomic E-state index is 8.39. The van der Waals surface area contributed by atoms with Gasteiger partial charge in [-0.2, -0.15) is 10.5 Å². The molecule has 0 bridgehead atoms. The molecule has 0 aliphatic carbocycles. The van der Waals surface area contributed by atoms with Crippen LogP contribution in [0.3, 0.4) is 0 Å². The summed E-state index contributed by atoms with van der Waals surface area (Å²) < 4.78 is 0. The fourth-order valence-corrected chi connectivity index (χ4v) is 0.653. The van der Waals surface area contributed by atoms with E-state index in [1.165, 1.54) is 0 Å². The molecule has 4 nitrogen and oxygen atoms in total. The number of aryl methyl sites for hydroxylation is 1. The summed E-state index contributed by atoms with van der Waals surface area (Å²) >= 11 is 0. The van der Waals surface area contributed by atoms with Gasteiger partial charge in [0, 0.05) is 0 Å². The van der Waals surface area contributed by atoms with Crippen molar-refractivity contribution in [2.45, 2.75) is 6.92 Å². The van der Waals surface area contributed by atoms with Crippen molar-refractivity contribution >= 4 is 0 Å². The standard InChI is InChI=1S/C6H4N4/c1-4-9-5(2-7)6(3-8)10-4/h1H3,(H,9,10). The Hall–Kier alpha value is -1.81. The predicted molar refractivity (Wildman–Crippen MR) is 32.8 cm³/mol. The van der Waals surface area contributed by atoms with Crippen LogP contribution < -0.4 is 0 Å². The van der Waals surface area contributed by atoms with E-state index in [0.29, 0.717) is 5.82 Å². The maximum absolute atomic E-state index is 8.39. The summed E-state index contributed by atoms with van der Waals surface area (Å²) in [7, 11) is 0. The first-order valence-electron chi connectivity index (χ1n) is 2.64. The number of hydrogen-bond acceptors (Lipinski definition) is 3. The molecule has 0 fully saturated rings. The minimum atomic E-state index is 0.167. The highest BCUT2D eigenvalue weighted by molar-refractivity contribution is 5.35. The second kappa shape index (κ2) is 2.20. The third-order valence-electron chi connectivity index (χ3n) is 1.04. The molecule has 0 saturated carbocycles. The van der Waals surface area contributed by atoms with E-state index in [1.54, 1.807) is 13.0 Å². The Morgan fingerprint density at radius 1 is 1.40 bits per heavy atom. The van der Waals surface area contributed by atoms with E-state index in [-0.39, 0.29) is 11.4 Å². The highest BCUT2D eigenvalue weighted by atomic mass is 14.9. The lowest BCUT2D eigenvalue weighted by Crippen LogP contribution is -1.77. The lowest BCUT2D eigenvalue weighted by molar-refractivity contribution is 1.14. The molecule has 0 aliphatic rings. The van der Waals surface area contributed by atoms with Crippen LogP contribution in [0.5, 0.6) is 0 Å². The number of aromatic amines is 1. The lowest BCUT2D eigenvalue weighted by Gasteiger charge is -1.73. The van der Waals surface area contributed by atoms with Gasteiger partial charge in [-0.05, 0) is 6.92 Å². The van der Waals surface area contributed by atoms with Gasteiger partial charge in [0.25, 0.3) is 0 Å². The van der Waals surface area contributed by atoms with E-state index >= 15 is 0 Å². The number of nitriles is 2. The predicted octanol–water partition coefficient (Wildman–Crippen LogP) is 0.461. The van der Waals surface area contributed by atoms with Gasteiger partial charge in [0.2, 0.25) is 0 Å². The molecule has 1 aromatic heterocycles. The SMILES string of the molecule is Cc1nc(C#N)c(C#N)[nH]1. The average Bonchev–Trinajstić information content (AvgIpc) is 2.30. The zero-order valence-electron chi connectivity index (χ0n) is 5.34. The van der Waals surface area contributed by atoms with Crippen LogP contribution in [0, 0.1) is 29.6 Å². The molecule has 0 spiro atoms. The summed E-state index contributed by atoms with van der Waals surface area (Å²) in [6.45, 7) is 1.70. The van der Waals surface area contributed by atoms with E-state index < -0.39 is 0 Å². The van der Waals surface area contributed by atoms with E-state index in [0.717, 1.165) is 0 Å². The normalized spacial score (nSPS) is 8.30. The monoisotopic (exact) mass is 132 g/mol. The van der Waals surface area contributed by atoms with Gasteiger partial charge in [0.15, 0.2) is 11.4 Å². The smallest absolute Gasteiger partial charge is 0.176 e. The summed E-state index contributed by atoms with van der Waals surface area (Å²) in [6, 6.07) is 3.63. The summed E-state index contributed by atoms with van der Waals surface area (Å²) in [4.78, 5) is 6.41. The molecule has 0 saturated heterocycles. The first kappa shape index (κ1) is 6.31. The maximum Gasteiger partial charge on any atom is 0.176 e. The van der Waals surface area contributed by atoms with Gasteiger partial charge in [-0.3, -0.25) is 0 Å². The third kappa shape index (κ3) is 0.828. The molecule has 1 N–H and O–H groups in total. The highest BCUT2D eigenvalue weighted by Crippen LogP contribution is 2.00. The summed E-state index contributed by atoms with van der Waals surface area (Å²) in [6.07, 6.45) is 0. The van der Waals surface area contributed by atoms with Crippen molar-refractivity contribution in [3.63, 3.8) is 0 Å². The van der Waals surface area contributed by atoms with Crippen molar-refractivity contribution in [2.75, 3.05) is 0 Å². The number of hydrogen-bond donors (Lipinski definition) is 1. The second-order valence-corrected chi connectivity index (χ2v) is 1.77. The molecule has 4 heteroatoms. The molecular weight excluding hydrogens is 128 g/mol. The van der Waals surface area contributed by atoms with Gasteiger partial charge in [0.05, 0.1) is 0 Å². The van der Waals surface area contributed by atoms with Crippen molar-refractivity contribution in [1.29, 1.82) is 10.5 Å². The van der Waals surface area contributed by atoms with Crippen molar-refractivity contribution in [1.82, 2.24) is 9.97 Å². The number of rotatable bonds is 0. The third-order valence-corrected chi connectivity index (χ3v) is 1.04. The molecule has 0 aromatic carbocycles. The number of nitrogens with zero attached hydrogens (tertiary/aromatic N) is 3.